The van der Waals surface area contributed by atoms with Gasteiger partial charge in [-0.2, -0.15) is 0 Å². The van der Waals surface area contributed by atoms with Gasteiger partial charge in [0, 0.05) is 29.5 Å². The zero-order chi connectivity index (χ0) is 19.0. The third-order valence-electron chi connectivity index (χ3n) is 4.18. The average molecular weight is 447 g/mol. The van der Waals surface area contributed by atoms with E-state index in [-0.39, 0.29) is 31.9 Å². The lowest BCUT2D eigenvalue weighted by Gasteiger charge is -2.40. The van der Waals surface area contributed by atoms with E-state index in [1.54, 1.807) is 11.0 Å². The van der Waals surface area contributed by atoms with Crippen LogP contribution in [0, 0.1) is 10.1 Å². The third kappa shape index (κ3) is 3.24. The van der Waals surface area contributed by atoms with E-state index in [1.807, 2.05) is 0 Å². The van der Waals surface area contributed by atoms with Gasteiger partial charge in [0.05, 0.1) is 22.8 Å². The van der Waals surface area contributed by atoms with Gasteiger partial charge in [-0.25, -0.2) is 4.79 Å². The van der Waals surface area contributed by atoms with Crippen molar-refractivity contribution in [3.8, 4) is 0 Å². The van der Waals surface area contributed by atoms with E-state index in [4.69, 9.17) is 16.7 Å². The number of amides is 1. The second-order valence-electron chi connectivity index (χ2n) is 5.67. The Labute approximate surface area is 160 Å². The van der Waals surface area contributed by atoms with Crippen LogP contribution in [0.3, 0.4) is 0 Å². The first kappa shape index (κ1) is 18.5. The number of fused-ring (bicyclic) bond motifs is 1. The molecule has 1 amide bonds. The summed E-state index contributed by atoms with van der Waals surface area (Å²) in [5, 5.41) is 38.7. The van der Waals surface area contributed by atoms with Crippen molar-refractivity contribution >= 4 is 56.0 Å². The van der Waals surface area contributed by atoms with Crippen LogP contribution in [0.2, 0.25) is 5.02 Å². The number of nitro groups is 1. The number of aromatic nitrogens is 2. The maximum atomic E-state index is 11.5. The Hall–Kier alpha value is -2.24. The molecule has 2 heterocycles. The van der Waals surface area contributed by atoms with Crippen LogP contribution >= 0.6 is 27.5 Å². The Morgan fingerprint density at radius 3 is 2.77 bits per heavy atom. The number of benzene rings is 1. The molecule has 2 aromatic rings. The van der Waals surface area contributed by atoms with Gasteiger partial charge in [-0.05, 0) is 38.1 Å². The molecule has 0 aliphatic carbocycles. The highest BCUT2D eigenvalue weighted by Crippen LogP contribution is 2.38. The molecule has 0 radical (unpaired) electrons. The van der Waals surface area contributed by atoms with Crippen molar-refractivity contribution in [2.24, 2.45) is 0 Å². The summed E-state index contributed by atoms with van der Waals surface area (Å²) in [4.78, 5) is 24.8. The average Bonchev–Trinajstić information content (AvgIpc) is 2.61. The molecule has 1 aliphatic rings. The largest absolute Gasteiger partial charge is 0.465 e. The number of hydrogen-bond acceptors (Lipinski definition) is 7. The summed E-state index contributed by atoms with van der Waals surface area (Å²) in [5.74, 6) is -0.474. The molecule has 1 saturated heterocycles. The van der Waals surface area contributed by atoms with Crippen molar-refractivity contribution in [2.45, 2.75) is 6.04 Å². The molecule has 138 valence electrons. The number of carbonyl (C=O) groups is 1. The van der Waals surface area contributed by atoms with Gasteiger partial charge in [0.2, 0.25) is 0 Å². The van der Waals surface area contributed by atoms with Crippen LogP contribution in [-0.4, -0.2) is 68.6 Å². The fourth-order valence-electron chi connectivity index (χ4n) is 2.96. The fraction of sp³-hybridized carbons (Fsp3) is 0.357. The number of piperazine rings is 1. The highest BCUT2D eigenvalue weighted by molar-refractivity contribution is 9.10. The van der Waals surface area contributed by atoms with Crippen molar-refractivity contribution in [1.29, 1.82) is 0 Å². The summed E-state index contributed by atoms with van der Waals surface area (Å²) in [6, 6.07) is 2.48. The molecule has 0 unspecified atom stereocenters. The smallest absolute Gasteiger partial charge is 0.414 e. The van der Waals surface area contributed by atoms with E-state index in [9.17, 15) is 20.0 Å². The van der Waals surface area contributed by atoms with Gasteiger partial charge < -0.3 is 30.1 Å². The Kier molecular flexibility index (Phi) is 5.12. The summed E-state index contributed by atoms with van der Waals surface area (Å²) < 4.78 is 0.565. The minimum Gasteiger partial charge on any atom is -0.465 e. The molecule has 12 heteroatoms. The fourth-order valence-corrected chi connectivity index (χ4v) is 3.46. The topological polar surface area (TPSA) is 133 Å². The van der Waals surface area contributed by atoms with Gasteiger partial charge in [0.1, 0.15) is 11.2 Å². The highest BCUT2D eigenvalue weighted by Gasteiger charge is 2.35. The van der Waals surface area contributed by atoms with Gasteiger partial charge >= 0.3 is 11.9 Å². The molecular formula is C14H13BrClN5O5. The number of nitrogens with zero attached hydrogens (tertiary/aromatic N) is 5. The summed E-state index contributed by atoms with van der Waals surface area (Å²) >= 11 is 9.42. The van der Waals surface area contributed by atoms with Crippen LogP contribution in [-0.2, 0) is 0 Å². The number of aliphatic hydroxyl groups excluding tert-OH is 1. The van der Waals surface area contributed by atoms with Gasteiger partial charge in [0.25, 0.3) is 0 Å². The minimum atomic E-state index is -1.11. The predicted octanol–water partition coefficient (Wildman–Crippen LogP) is 2.11. The number of hydrogen-bond donors (Lipinski definition) is 2. The van der Waals surface area contributed by atoms with E-state index in [2.05, 4.69) is 26.1 Å². The van der Waals surface area contributed by atoms with Crippen LogP contribution in [0.1, 0.15) is 0 Å². The van der Waals surface area contributed by atoms with Crippen LogP contribution in [0.5, 0.6) is 0 Å². The number of aliphatic hydroxyl groups is 1. The number of anilines is 1. The Balaban J connectivity index is 2.18. The molecule has 2 N–H and O–H groups in total. The lowest BCUT2D eigenvalue weighted by atomic mass is 10.1. The number of rotatable bonds is 3. The molecule has 1 aromatic heterocycles. The van der Waals surface area contributed by atoms with E-state index >= 15 is 0 Å². The maximum absolute atomic E-state index is 11.5. The van der Waals surface area contributed by atoms with Crippen LogP contribution in [0.15, 0.2) is 16.6 Å². The Morgan fingerprint density at radius 2 is 2.15 bits per heavy atom. The molecule has 0 bridgehead atoms. The Bertz CT molecular complexity index is 898. The summed E-state index contributed by atoms with van der Waals surface area (Å²) in [5.41, 5.74) is 0.553. The molecule has 1 aliphatic heterocycles. The first-order valence-electron chi connectivity index (χ1n) is 7.48. The van der Waals surface area contributed by atoms with E-state index in [0.29, 0.717) is 20.4 Å². The lowest BCUT2D eigenvalue weighted by molar-refractivity contribution is -0.389. The van der Waals surface area contributed by atoms with Crippen molar-refractivity contribution in [3.63, 3.8) is 0 Å². The lowest BCUT2D eigenvalue weighted by Crippen LogP contribution is -2.56. The van der Waals surface area contributed by atoms with Gasteiger partial charge in [0.15, 0.2) is 0 Å². The van der Waals surface area contributed by atoms with Crippen molar-refractivity contribution in [2.75, 3.05) is 31.1 Å². The maximum Gasteiger partial charge on any atom is 0.414 e. The zero-order valence-electron chi connectivity index (χ0n) is 13.2. The third-order valence-corrected chi connectivity index (χ3v) is 5.38. The molecule has 1 atom stereocenters. The van der Waals surface area contributed by atoms with E-state index in [0.717, 1.165) is 4.90 Å². The van der Waals surface area contributed by atoms with Gasteiger partial charge in [-0.3, -0.25) is 0 Å². The first-order valence-corrected chi connectivity index (χ1v) is 8.65. The van der Waals surface area contributed by atoms with Gasteiger partial charge in [-0.15, -0.1) is 0 Å². The Morgan fingerprint density at radius 1 is 1.42 bits per heavy atom. The first-order chi connectivity index (χ1) is 12.3. The van der Waals surface area contributed by atoms with Crippen LogP contribution < -0.4 is 4.90 Å². The molecule has 0 saturated carbocycles. The second kappa shape index (κ2) is 7.17. The molecule has 26 heavy (non-hydrogen) atoms. The normalized spacial score (nSPS) is 17.6. The van der Waals surface area contributed by atoms with E-state index in [1.165, 1.54) is 6.07 Å². The standard InChI is InChI=1S/C14H13BrClN5O5/c15-9-4-11-8(3-10(9)16)12(13(18-17-11)21(25)26)20-2-1-19(14(23)24)5-7(20)6-22/h3-4,7,22H,1-2,5-6H2,(H,23,24)/t7-/m1/s1. The molecular weight excluding hydrogens is 434 g/mol. The van der Waals surface area contributed by atoms with Crippen molar-refractivity contribution in [3.05, 3.63) is 31.7 Å². The molecule has 3 rings (SSSR count). The highest BCUT2D eigenvalue weighted by atomic mass is 79.9. The quantitative estimate of drug-likeness (QED) is 0.541. The molecule has 1 aromatic carbocycles. The van der Waals surface area contributed by atoms with Crippen LogP contribution in [0.4, 0.5) is 16.3 Å². The van der Waals surface area contributed by atoms with E-state index < -0.39 is 22.9 Å². The molecule has 1 fully saturated rings. The summed E-state index contributed by atoms with van der Waals surface area (Å²) in [6.07, 6.45) is -1.11. The number of halogens is 2. The monoisotopic (exact) mass is 445 g/mol. The van der Waals surface area contributed by atoms with Gasteiger partial charge in [-0.1, -0.05) is 11.6 Å². The summed E-state index contributed by atoms with van der Waals surface area (Å²) in [6.45, 7) is -0.0734. The minimum absolute atomic E-state index is 0.0110. The summed E-state index contributed by atoms with van der Waals surface area (Å²) in [7, 11) is 0. The van der Waals surface area contributed by atoms with Crippen molar-refractivity contribution in [1.82, 2.24) is 15.1 Å². The predicted molar refractivity (Wildman–Crippen MR) is 96.7 cm³/mol. The SMILES string of the molecule is O=C(O)N1CCN(c2c([N+](=O)[O-])nnc3cc(Br)c(Cl)cc23)[C@@H](CO)C1. The second-order valence-corrected chi connectivity index (χ2v) is 6.93. The molecule has 0 spiro atoms. The number of carboxylic acid groups (broad SMARTS) is 1. The van der Waals surface area contributed by atoms with Crippen molar-refractivity contribution < 1.29 is 19.9 Å². The zero-order valence-corrected chi connectivity index (χ0v) is 15.5. The van der Waals surface area contributed by atoms with Crippen LogP contribution in [0.25, 0.3) is 10.9 Å². The molecule has 10 nitrogen and oxygen atoms in total.